The molecule has 0 radical (unpaired) electrons. The van der Waals surface area contributed by atoms with E-state index < -0.39 is 11.8 Å². The van der Waals surface area contributed by atoms with Crippen LogP contribution in [0.15, 0.2) is 48.5 Å². The van der Waals surface area contributed by atoms with Crippen LogP contribution in [0.2, 0.25) is 0 Å². The second-order valence-electron chi connectivity index (χ2n) is 6.37. The maximum absolute atomic E-state index is 12.7. The molecule has 0 spiro atoms. The SMILES string of the molecule is COc1ccccc1N1CC(C(=O)Nc2ccccc2CC(N)=O)CC1=O. The number of rotatable bonds is 6. The van der Waals surface area contributed by atoms with Gasteiger partial charge in [-0.1, -0.05) is 30.3 Å². The third-order valence-electron chi connectivity index (χ3n) is 4.51. The maximum Gasteiger partial charge on any atom is 0.229 e. The molecule has 27 heavy (non-hydrogen) atoms. The van der Waals surface area contributed by atoms with E-state index in [4.69, 9.17) is 10.5 Å². The summed E-state index contributed by atoms with van der Waals surface area (Å²) < 4.78 is 5.31. The van der Waals surface area contributed by atoms with Crippen molar-refractivity contribution in [3.63, 3.8) is 0 Å². The van der Waals surface area contributed by atoms with Crippen molar-refractivity contribution in [3.05, 3.63) is 54.1 Å². The van der Waals surface area contributed by atoms with E-state index in [0.29, 0.717) is 22.7 Å². The van der Waals surface area contributed by atoms with Crippen molar-refractivity contribution in [2.75, 3.05) is 23.9 Å². The Morgan fingerprint density at radius 2 is 1.89 bits per heavy atom. The van der Waals surface area contributed by atoms with Gasteiger partial charge in [0.1, 0.15) is 5.75 Å². The van der Waals surface area contributed by atoms with Gasteiger partial charge in [-0.3, -0.25) is 14.4 Å². The first-order valence-corrected chi connectivity index (χ1v) is 8.60. The zero-order valence-corrected chi connectivity index (χ0v) is 15.0. The Kier molecular flexibility index (Phi) is 5.40. The molecule has 2 aromatic carbocycles. The molecule has 2 aromatic rings. The lowest BCUT2D eigenvalue weighted by atomic mass is 10.1. The number of amides is 3. The summed E-state index contributed by atoms with van der Waals surface area (Å²) in [6.45, 7) is 0.267. The quantitative estimate of drug-likeness (QED) is 0.811. The van der Waals surface area contributed by atoms with Gasteiger partial charge in [0.2, 0.25) is 17.7 Å². The lowest BCUT2D eigenvalue weighted by Gasteiger charge is -2.19. The number of nitrogens with two attached hydrogens (primary N) is 1. The number of carbonyl (C=O) groups is 3. The van der Waals surface area contributed by atoms with Gasteiger partial charge < -0.3 is 20.7 Å². The summed E-state index contributed by atoms with van der Waals surface area (Å²) in [6, 6.07) is 14.2. The molecule has 3 N–H and O–H groups in total. The van der Waals surface area contributed by atoms with E-state index >= 15 is 0 Å². The smallest absolute Gasteiger partial charge is 0.229 e. The molecule has 1 atom stereocenters. The highest BCUT2D eigenvalue weighted by Gasteiger charge is 2.36. The molecule has 0 aliphatic carbocycles. The Morgan fingerprint density at radius 1 is 1.19 bits per heavy atom. The van der Waals surface area contributed by atoms with E-state index in [9.17, 15) is 14.4 Å². The van der Waals surface area contributed by atoms with E-state index in [1.54, 1.807) is 48.4 Å². The summed E-state index contributed by atoms with van der Waals surface area (Å²) in [5, 5.41) is 2.82. The fraction of sp³-hybridized carbons (Fsp3) is 0.250. The molecule has 1 heterocycles. The lowest BCUT2D eigenvalue weighted by molar-refractivity contribution is -0.122. The summed E-state index contributed by atoms with van der Waals surface area (Å²) in [6.07, 6.45) is 0.148. The Morgan fingerprint density at radius 3 is 2.63 bits per heavy atom. The van der Waals surface area contributed by atoms with E-state index in [0.717, 1.165) is 0 Å². The molecular formula is C20H21N3O4. The van der Waals surface area contributed by atoms with Crippen LogP contribution in [0.4, 0.5) is 11.4 Å². The number of primary amides is 1. The standard InChI is InChI=1S/C20H21N3O4/c1-27-17-9-5-4-8-16(17)23-12-14(11-19(23)25)20(26)22-15-7-3-2-6-13(15)10-18(21)24/h2-9,14H,10-12H2,1H3,(H2,21,24)(H,22,26). The monoisotopic (exact) mass is 367 g/mol. The summed E-state index contributed by atoms with van der Waals surface area (Å²) >= 11 is 0. The third-order valence-corrected chi connectivity index (χ3v) is 4.51. The number of ether oxygens (including phenoxy) is 1. The molecule has 3 amide bonds. The largest absolute Gasteiger partial charge is 0.495 e. The van der Waals surface area contributed by atoms with Crippen LogP contribution in [0.3, 0.4) is 0 Å². The van der Waals surface area contributed by atoms with Crippen molar-refractivity contribution in [1.29, 1.82) is 0 Å². The van der Waals surface area contributed by atoms with Crippen molar-refractivity contribution in [3.8, 4) is 5.75 Å². The zero-order chi connectivity index (χ0) is 19.4. The highest BCUT2D eigenvalue weighted by molar-refractivity contribution is 6.04. The topological polar surface area (TPSA) is 102 Å². The fourth-order valence-electron chi connectivity index (χ4n) is 3.19. The van der Waals surface area contributed by atoms with Gasteiger partial charge in [0.25, 0.3) is 0 Å². The Bertz CT molecular complexity index is 881. The van der Waals surface area contributed by atoms with Gasteiger partial charge in [-0.25, -0.2) is 0 Å². The molecule has 0 aromatic heterocycles. The van der Waals surface area contributed by atoms with Crippen LogP contribution < -0.4 is 20.7 Å². The van der Waals surface area contributed by atoms with Gasteiger partial charge >= 0.3 is 0 Å². The highest BCUT2D eigenvalue weighted by atomic mass is 16.5. The molecule has 140 valence electrons. The summed E-state index contributed by atoms with van der Waals surface area (Å²) in [5.74, 6) is -0.791. The number of para-hydroxylation sites is 3. The van der Waals surface area contributed by atoms with E-state index in [2.05, 4.69) is 5.32 Å². The summed E-state index contributed by atoms with van der Waals surface area (Å²) in [4.78, 5) is 37.9. The third kappa shape index (κ3) is 4.08. The minimum Gasteiger partial charge on any atom is -0.495 e. The van der Waals surface area contributed by atoms with Crippen LogP contribution in [0.5, 0.6) is 5.75 Å². The van der Waals surface area contributed by atoms with Gasteiger partial charge in [-0.2, -0.15) is 0 Å². The second kappa shape index (κ2) is 7.90. The number of nitrogens with one attached hydrogen (secondary N) is 1. The Balaban J connectivity index is 1.74. The average Bonchev–Trinajstić information content (AvgIpc) is 3.04. The summed E-state index contributed by atoms with van der Waals surface area (Å²) in [7, 11) is 1.54. The number of methoxy groups -OCH3 is 1. The number of benzene rings is 2. The molecule has 1 unspecified atom stereocenters. The maximum atomic E-state index is 12.7. The normalized spacial score (nSPS) is 16.3. The molecule has 0 bridgehead atoms. The van der Waals surface area contributed by atoms with E-state index in [1.165, 1.54) is 0 Å². The molecule has 3 rings (SSSR count). The van der Waals surface area contributed by atoms with Gasteiger partial charge in [-0.05, 0) is 23.8 Å². The predicted octanol–water partition coefficient (Wildman–Crippen LogP) is 1.71. The molecule has 1 saturated heterocycles. The van der Waals surface area contributed by atoms with Crippen molar-refractivity contribution in [2.24, 2.45) is 11.7 Å². The van der Waals surface area contributed by atoms with Gasteiger partial charge in [0, 0.05) is 18.7 Å². The molecule has 1 aliphatic heterocycles. The first-order chi connectivity index (χ1) is 13.0. The van der Waals surface area contributed by atoms with E-state index in [-0.39, 0.29) is 31.2 Å². The van der Waals surface area contributed by atoms with Crippen molar-refractivity contribution in [2.45, 2.75) is 12.8 Å². The first kappa shape index (κ1) is 18.4. The van der Waals surface area contributed by atoms with Crippen LogP contribution in [0.25, 0.3) is 0 Å². The van der Waals surface area contributed by atoms with E-state index in [1.807, 2.05) is 12.1 Å². The molecule has 1 aliphatic rings. The number of hydrogen-bond acceptors (Lipinski definition) is 4. The lowest BCUT2D eigenvalue weighted by Crippen LogP contribution is -2.28. The van der Waals surface area contributed by atoms with Crippen molar-refractivity contribution < 1.29 is 19.1 Å². The minimum absolute atomic E-state index is 0.0351. The van der Waals surface area contributed by atoms with Crippen LogP contribution >= 0.6 is 0 Å². The molecule has 7 nitrogen and oxygen atoms in total. The van der Waals surface area contributed by atoms with Crippen LogP contribution in [0, 0.1) is 5.92 Å². The van der Waals surface area contributed by atoms with Crippen molar-refractivity contribution in [1.82, 2.24) is 0 Å². The molecule has 7 heteroatoms. The predicted molar refractivity (Wildman–Crippen MR) is 101 cm³/mol. The van der Waals surface area contributed by atoms with Crippen LogP contribution in [-0.4, -0.2) is 31.4 Å². The first-order valence-electron chi connectivity index (χ1n) is 8.60. The Labute approximate surface area is 157 Å². The number of carbonyl (C=O) groups excluding carboxylic acids is 3. The van der Waals surface area contributed by atoms with Crippen LogP contribution in [0.1, 0.15) is 12.0 Å². The second-order valence-corrected chi connectivity index (χ2v) is 6.37. The molecule has 1 fully saturated rings. The average molecular weight is 367 g/mol. The van der Waals surface area contributed by atoms with Crippen molar-refractivity contribution >= 4 is 29.1 Å². The number of anilines is 2. The fourth-order valence-corrected chi connectivity index (χ4v) is 3.19. The zero-order valence-electron chi connectivity index (χ0n) is 15.0. The number of hydrogen-bond donors (Lipinski definition) is 2. The molecular weight excluding hydrogens is 346 g/mol. The summed E-state index contributed by atoms with van der Waals surface area (Å²) in [5.41, 5.74) is 7.08. The molecule has 0 saturated carbocycles. The van der Waals surface area contributed by atoms with Crippen LogP contribution in [-0.2, 0) is 20.8 Å². The van der Waals surface area contributed by atoms with Gasteiger partial charge in [0.15, 0.2) is 0 Å². The highest BCUT2D eigenvalue weighted by Crippen LogP contribution is 2.33. The van der Waals surface area contributed by atoms with Gasteiger partial charge in [-0.15, -0.1) is 0 Å². The minimum atomic E-state index is -0.496. The van der Waals surface area contributed by atoms with Gasteiger partial charge in [0.05, 0.1) is 25.1 Å². The number of nitrogens with zero attached hydrogens (tertiary/aromatic N) is 1. The Hall–Kier alpha value is -3.35.